The topological polar surface area (TPSA) is 38.0 Å². The zero-order valence-corrected chi connectivity index (χ0v) is 8.94. The van der Waals surface area contributed by atoms with E-state index in [2.05, 4.69) is 11.2 Å². The molecule has 0 fully saturated rings. The predicted molar refractivity (Wildman–Crippen MR) is 59.7 cm³/mol. The fourth-order valence-electron chi connectivity index (χ4n) is 1.59. The number of aromatic hydroxyl groups is 1. The largest absolute Gasteiger partial charge is 0.493 e. The summed E-state index contributed by atoms with van der Waals surface area (Å²) in [6.07, 6.45) is 0. The van der Waals surface area contributed by atoms with E-state index in [9.17, 15) is 5.11 Å². The van der Waals surface area contributed by atoms with Gasteiger partial charge in [-0.1, -0.05) is 23.8 Å². The van der Waals surface area contributed by atoms with Gasteiger partial charge in [0, 0.05) is 18.2 Å². The lowest BCUT2D eigenvalue weighted by Gasteiger charge is -1.98. The second kappa shape index (κ2) is 3.77. The zero-order chi connectivity index (χ0) is 10.8. The van der Waals surface area contributed by atoms with Crippen LogP contribution in [-0.2, 0) is 6.54 Å². The zero-order valence-electron chi connectivity index (χ0n) is 8.94. The fraction of sp³-hybridized carbons (Fsp3) is 0.250. The van der Waals surface area contributed by atoms with E-state index in [4.69, 9.17) is 0 Å². The molecule has 0 atom stereocenters. The molecule has 3 heteroatoms. The SMILES string of the molecule is CCn1nc(-c2cccc(C)c2)cc1O. The molecule has 0 amide bonds. The van der Waals surface area contributed by atoms with E-state index in [1.54, 1.807) is 10.7 Å². The minimum Gasteiger partial charge on any atom is -0.493 e. The van der Waals surface area contributed by atoms with Gasteiger partial charge >= 0.3 is 0 Å². The van der Waals surface area contributed by atoms with Gasteiger partial charge in [-0.25, -0.2) is 4.68 Å². The summed E-state index contributed by atoms with van der Waals surface area (Å²) in [5, 5.41) is 13.9. The third-order valence-electron chi connectivity index (χ3n) is 2.37. The van der Waals surface area contributed by atoms with E-state index < -0.39 is 0 Å². The van der Waals surface area contributed by atoms with Gasteiger partial charge in [0.2, 0.25) is 5.88 Å². The van der Waals surface area contributed by atoms with Crippen LogP contribution in [0.4, 0.5) is 0 Å². The first kappa shape index (κ1) is 9.77. The van der Waals surface area contributed by atoms with Crippen molar-refractivity contribution in [1.82, 2.24) is 9.78 Å². The summed E-state index contributed by atoms with van der Waals surface area (Å²) in [5.74, 6) is 0.217. The Balaban J connectivity index is 2.45. The van der Waals surface area contributed by atoms with Crippen LogP contribution in [0.5, 0.6) is 5.88 Å². The fourth-order valence-corrected chi connectivity index (χ4v) is 1.59. The molecule has 0 aliphatic rings. The highest BCUT2D eigenvalue weighted by Crippen LogP contribution is 2.22. The van der Waals surface area contributed by atoms with Crippen molar-refractivity contribution in [2.75, 3.05) is 0 Å². The second-order valence-corrected chi connectivity index (χ2v) is 3.57. The molecule has 0 spiro atoms. The van der Waals surface area contributed by atoms with E-state index in [1.807, 2.05) is 32.0 Å². The van der Waals surface area contributed by atoms with E-state index in [1.165, 1.54) is 5.56 Å². The van der Waals surface area contributed by atoms with Crippen molar-refractivity contribution >= 4 is 0 Å². The summed E-state index contributed by atoms with van der Waals surface area (Å²) in [7, 11) is 0. The van der Waals surface area contributed by atoms with Gasteiger partial charge in [0.1, 0.15) is 0 Å². The van der Waals surface area contributed by atoms with Crippen molar-refractivity contribution in [3.05, 3.63) is 35.9 Å². The van der Waals surface area contributed by atoms with Crippen molar-refractivity contribution in [1.29, 1.82) is 0 Å². The summed E-state index contributed by atoms with van der Waals surface area (Å²) in [6, 6.07) is 9.78. The van der Waals surface area contributed by atoms with E-state index in [-0.39, 0.29) is 5.88 Å². The van der Waals surface area contributed by atoms with E-state index in [0.29, 0.717) is 6.54 Å². The standard InChI is InChI=1S/C12H14N2O/c1-3-14-12(15)8-11(13-14)10-6-4-5-9(2)7-10/h4-8,15H,3H2,1-2H3. The maximum absolute atomic E-state index is 9.56. The van der Waals surface area contributed by atoms with Crippen LogP contribution < -0.4 is 0 Å². The van der Waals surface area contributed by atoms with Gasteiger partial charge in [0.25, 0.3) is 0 Å². The minimum atomic E-state index is 0.217. The average Bonchev–Trinajstić information content (AvgIpc) is 2.60. The third kappa shape index (κ3) is 1.86. The lowest BCUT2D eigenvalue weighted by Crippen LogP contribution is -1.95. The van der Waals surface area contributed by atoms with Gasteiger partial charge in [0.15, 0.2) is 0 Å². The van der Waals surface area contributed by atoms with Crippen molar-refractivity contribution in [2.45, 2.75) is 20.4 Å². The molecule has 0 aliphatic heterocycles. The lowest BCUT2D eigenvalue weighted by atomic mass is 10.1. The van der Waals surface area contributed by atoms with Crippen LogP contribution in [0.15, 0.2) is 30.3 Å². The molecule has 0 bridgehead atoms. The average molecular weight is 202 g/mol. The molecule has 0 saturated heterocycles. The lowest BCUT2D eigenvalue weighted by molar-refractivity contribution is 0.405. The van der Waals surface area contributed by atoms with Gasteiger partial charge in [-0.05, 0) is 19.9 Å². The normalized spacial score (nSPS) is 10.5. The Morgan fingerprint density at radius 1 is 1.33 bits per heavy atom. The molecule has 15 heavy (non-hydrogen) atoms. The summed E-state index contributed by atoms with van der Waals surface area (Å²) < 4.78 is 1.58. The number of benzene rings is 1. The van der Waals surface area contributed by atoms with Gasteiger partial charge in [0.05, 0.1) is 5.69 Å². The Morgan fingerprint density at radius 3 is 2.73 bits per heavy atom. The van der Waals surface area contributed by atoms with Gasteiger partial charge in [-0.2, -0.15) is 5.10 Å². The molecular weight excluding hydrogens is 188 g/mol. The van der Waals surface area contributed by atoms with Crippen molar-refractivity contribution in [3.8, 4) is 17.1 Å². The second-order valence-electron chi connectivity index (χ2n) is 3.57. The molecule has 0 saturated carbocycles. The quantitative estimate of drug-likeness (QED) is 0.812. The summed E-state index contributed by atoms with van der Waals surface area (Å²) in [4.78, 5) is 0. The highest BCUT2D eigenvalue weighted by atomic mass is 16.3. The maximum atomic E-state index is 9.56. The predicted octanol–water partition coefficient (Wildman–Crippen LogP) is 2.58. The molecule has 2 rings (SSSR count). The first-order valence-electron chi connectivity index (χ1n) is 5.04. The van der Waals surface area contributed by atoms with Crippen molar-refractivity contribution in [3.63, 3.8) is 0 Å². The molecule has 3 nitrogen and oxygen atoms in total. The minimum absolute atomic E-state index is 0.217. The number of rotatable bonds is 2. The number of aryl methyl sites for hydroxylation is 2. The Labute approximate surface area is 89.0 Å². The molecule has 1 aromatic carbocycles. The van der Waals surface area contributed by atoms with Crippen LogP contribution in [0.1, 0.15) is 12.5 Å². The molecule has 1 N–H and O–H groups in total. The number of hydrogen-bond acceptors (Lipinski definition) is 2. The van der Waals surface area contributed by atoms with Gasteiger partial charge < -0.3 is 5.11 Å². The van der Waals surface area contributed by atoms with Crippen LogP contribution >= 0.6 is 0 Å². The highest BCUT2D eigenvalue weighted by Gasteiger charge is 2.06. The highest BCUT2D eigenvalue weighted by molar-refractivity contribution is 5.60. The Morgan fingerprint density at radius 2 is 2.13 bits per heavy atom. The summed E-state index contributed by atoms with van der Waals surface area (Å²) in [6.45, 7) is 4.67. The monoisotopic (exact) mass is 202 g/mol. The molecule has 0 unspecified atom stereocenters. The van der Waals surface area contributed by atoms with E-state index in [0.717, 1.165) is 11.3 Å². The van der Waals surface area contributed by atoms with Crippen LogP contribution in [0, 0.1) is 6.92 Å². The van der Waals surface area contributed by atoms with Crippen LogP contribution in [0.3, 0.4) is 0 Å². The smallest absolute Gasteiger partial charge is 0.209 e. The van der Waals surface area contributed by atoms with Crippen LogP contribution in [0.25, 0.3) is 11.3 Å². The van der Waals surface area contributed by atoms with Crippen LogP contribution in [-0.4, -0.2) is 14.9 Å². The summed E-state index contributed by atoms with van der Waals surface area (Å²) >= 11 is 0. The number of aromatic nitrogens is 2. The number of nitrogens with zero attached hydrogens (tertiary/aromatic N) is 2. The first-order valence-corrected chi connectivity index (χ1v) is 5.04. The Bertz CT molecular complexity index is 474. The Kier molecular flexibility index (Phi) is 2.46. The van der Waals surface area contributed by atoms with Crippen LogP contribution in [0.2, 0.25) is 0 Å². The molecule has 0 aliphatic carbocycles. The van der Waals surface area contributed by atoms with Crippen molar-refractivity contribution < 1.29 is 5.11 Å². The summed E-state index contributed by atoms with van der Waals surface area (Å²) in [5.41, 5.74) is 3.05. The molecule has 78 valence electrons. The molecule has 2 aromatic rings. The first-order chi connectivity index (χ1) is 7.20. The molecule has 1 heterocycles. The van der Waals surface area contributed by atoms with Gasteiger partial charge in [-0.3, -0.25) is 0 Å². The third-order valence-corrected chi connectivity index (χ3v) is 2.37. The Hall–Kier alpha value is -1.77. The molecule has 0 radical (unpaired) electrons. The van der Waals surface area contributed by atoms with E-state index >= 15 is 0 Å². The number of hydrogen-bond donors (Lipinski definition) is 1. The van der Waals surface area contributed by atoms with Gasteiger partial charge in [-0.15, -0.1) is 0 Å². The molecule has 1 aromatic heterocycles. The molecular formula is C12H14N2O. The van der Waals surface area contributed by atoms with Crippen molar-refractivity contribution in [2.24, 2.45) is 0 Å². The maximum Gasteiger partial charge on any atom is 0.209 e.